The van der Waals surface area contributed by atoms with Gasteiger partial charge in [-0.1, -0.05) is 12.0 Å². The third-order valence-electron chi connectivity index (χ3n) is 2.61. The van der Waals surface area contributed by atoms with Crippen LogP contribution in [0.4, 0.5) is 5.95 Å². The first kappa shape index (κ1) is 14.4. The number of hydrogen-bond acceptors (Lipinski definition) is 5. The first-order chi connectivity index (χ1) is 9.65. The highest BCUT2D eigenvalue weighted by molar-refractivity contribution is 9.10. The molecule has 1 amide bonds. The third-order valence-corrected chi connectivity index (χ3v) is 3.23. The number of halogens is 1. The number of ether oxygens (including phenoxy) is 1. The Morgan fingerprint density at radius 1 is 1.50 bits per heavy atom. The summed E-state index contributed by atoms with van der Waals surface area (Å²) in [6, 6.07) is 5.07. The van der Waals surface area contributed by atoms with Crippen LogP contribution in [0.2, 0.25) is 0 Å². The van der Waals surface area contributed by atoms with Gasteiger partial charge in [-0.15, -0.1) is 0 Å². The van der Waals surface area contributed by atoms with Crippen molar-refractivity contribution in [3.8, 4) is 5.75 Å². The molecule has 20 heavy (non-hydrogen) atoms. The molecular formula is C12H14BrN5O2. The van der Waals surface area contributed by atoms with Crippen LogP contribution in [-0.2, 0) is 6.54 Å². The van der Waals surface area contributed by atoms with Crippen molar-refractivity contribution >= 4 is 27.8 Å². The van der Waals surface area contributed by atoms with Crippen molar-refractivity contribution < 1.29 is 9.53 Å². The molecule has 106 valence electrons. The lowest BCUT2D eigenvalue weighted by atomic mass is 10.2. The second-order valence-corrected chi connectivity index (χ2v) is 4.88. The molecule has 0 atom stereocenters. The Labute approximate surface area is 124 Å². The Kier molecular flexibility index (Phi) is 4.67. The number of carbonyl (C=O) groups is 1. The summed E-state index contributed by atoms with van der Waals surface area (Å²) in [7, 11) is 1.57. The second-order valence-electron chi connectivity index (χ2n) is 4.03. The quantitative estimate of drug-likeness (QED) is 0.901. The standard InChI is InChI=1S/C12H14BrN5O2/c1-3-6-18-12(15-16-17-18)14-11(19)8-4-5-10(20-2)9(13)7-8/h4-5,7H,3,6H2,1-2H3,(H,14,15,17,19). The Hall–Kier alpha value is -1.96. The molecule has 1 aromatic carbocycles. The van der Waals surface area contributed by atoms with Crippen LogP contribution in [0.5, 0.6) is 5.75 Å². The van der Waals surface area contributed by atoms with E-state index in [0.717, 1.165) is 6.42 Å². The number of nitrogens with zero attached hydrogens (tertiary/aromatic N) is 4. The summed E-state index contributed by atoms with van der Waals surface area (Å²) >= 11 is 3.34. The predicted molar refractivity (Wildman–Crippen MR) is 76.8 cm³/mol. The largest absolute Gasteiger partial charge is 0.496 e. The number of amides is 1. The van der Waals surface area contributed by atoms with E-state index in [9.17, 15) is 4.79 Å². The molecule has 0 aliphatic heterocycles. The van der Waals surface area contributed by atoms with Gasteiger partial charge in [0, 0.05) is 12.1 Å². The average Bonchev–Trinajstić information content (AvgIpc) is 2.86. The maximum absolute atomic E-state index is 12.1. The van der Waals surface area contributed by atoms with E-state index in [1.807, 2.05) is 6.92 Å². The number of aryl methyl sites for hydroxylation is 1. The zero-order valence-electron chi connectivity index (χ0n) is 11.1. The summed E-state index contributed by atoms with van der Waals surface area (Å²) in [6.07, 6.45) is 0.877. The van der Waals surface area contributed by atoms with Crippen LogP contribution in [0.3, 0.4) is 0 Å². The fourth-order valence-corrected chi connectivity index (χ4v) is 2.18. The first-order valence-electron chi connectivity index (χ1n) is 6.06. The van der Waals surface area contributed by atoms with E-state index in [0.29, 0.717) is 28.3 Å². The molecule has 2 rings (SSSR count). The summed E-state index contributed by atoms with van der Waals surface area (Å²) in [5.41, 5.74) is 0.490. The number of aromatic nitrogens is 4. The first-order valence-corrected chi connectivity index (χ1v) is 6.86. The molecule has 0 radical (unpaired) electrons. The summed E-state index contributed by atoms with van der Waals surface area (Å²) in [6.45, 7) is 2.66. The summed E-state index contributed by atoms with van der Waals surface area (Å²) in [4.78, 5) is 12.1. The molecule has 2 aromatic rings. The molecule has 0 saturated carbocycles. The van der Waals surface area contributed by atoms with Crippen LogP contribution in [0.25, 0.3) is 0 Å². The summed E-state index contributed by atoms with van der Waals surface area (Å²) < 4.78 is 7.38. The van der Waals surface area contributed by atoms with E-state index in [-0.39, 0.29) is 5.91 Å². The van der Waals surface area contributed by atoms with E-state index in [1.165, 1.54) is 0 Å². The minimum Gasteiger partial charge on any atom is -0.496 e. The highest BCUT2D eigenvalue weighted by Crippen LogP contribution is 2.25. The molecular weight excluding hydrogens is 326 g/mol. The Morgan fingerprint density at radius 2 is 2.30 bits per heavy atom. The molecule has 0 unspecified atom stereocenters. The van der Waals surface area contributed by atoms with Gasteiger partial charge >= 0.3 is 0 Å². The molecule has 0 fully saturated rings. The topological polar surface area (TPSA) is 81.9 Å². The van der Waals surface area contributed by atoms with Gasteiger partial charge in [0.05, 0.1) is 11.6 Å². The highest BCUT2D eigenvalue weighted by Gasteiger charge is 2.13. The minimum absolute atomic E-state index is 0.277. The van der Waals surface area contributed by atoms with Gasteiger partial charge < -0.3 is 4.74 Å². The minimum atomic E-state index is -0.277. The summed E-state index contributed by atoms with van der Waals surface area (Å²) in [5.74, 6) is 0.724. The molecule has 0 aliphatic carbocycles. The van der Waals surface area contributed by atoms with E-state index < -0.39 is 0 Å². The van der Waals surface area contributed by atoms with Crippen molar-refractivity contribution in [3.05, 3.63) is 28.2 Å². The van der Waals surface area contributed by atoms with Crippen molar-refractivity contribution in [1.82, 2.24) is 20.2 Å². The fraction of sp³-hybridized carbons (Fsp3) is 0.333. The molecule has 0 saturated heterocycles. The van der Waals surface area contributed by atoms with Crippen LogP contribution in [0.15, 0.2) is 22.7 Å². The lowest BCUT2D eigenvalue weighted by molar-refractivity contribution is 0.102. The monoisotopic (exact) mass is 339 g/mol. The molecule has 7 nitrogen and oxygen atoms in total. The maximum atomic E-state index is 12.1. The Balaban J connectivity index is 2.15. The molecule has 1 heterocycles. The third kappa shape index (κ3) is 3.13. The van der Waals surface area contributed by atoms with Crippen molar-refractivity contribution in [2.24, 2.45) is 0 Å². The molecule has 8 heteroatoms. The highest BCUT2D eigenvalue weighted by atomic mass is 79.9. The maximum Gasteiger partial charge on any atom is 0.258 e. The zero-order chi connectivity index (χ0) is 14.5. The average molecular weight is 340 g/mol. The molecule has 0 spiro atoms. The van der Waals surface area contributed by atoms with E-state index in [2.05, 4.69) is 36.8 Å². The molecule has 0 bridgehead atoms. The number of rotatable bonds is 5. The fourth-order valence-electron chi connectivity index (χ4n) is 1.64. The van der Waals surface area contributed by atoms with Crippen molar-refractivity contribution in [1.29, 1.82) is 0 Å². The zero-order valence-corrected chi connectivity index (χ0v) is 12.7. The number of methoxy groups -OCH3 is 1. The van der Waals surface area contributed by atoms with Crippen LogP contribution >= 0.6 is 15.9 Å². The lowest BCUT2D eigenvalue weighted by Gasteiger charge is -2.07. The Morgan fingerprint density at radius 3 is 2.95 bits per heavy atom. The van der Waals surface area contributed by atoms with Gasteiger partial charge in [-0.25, -0.2) is 4.68 Å². The molecule has 0 aliphatic rings. The van der Waals surface area contributed by atoms with Gasteiger partial charge in [-0.2, -0.15) is 0 Å². The number of benzene rings is 1. The SMILES string of the molecule is CCCn1nnnc1NC(=O)c1ccc(OC)c(Br)c1. The van der Waals surface area contributed by atoms with E-state index in [4.69, 9.17) is 4.74 Å². The van der Waals surface area contributed by atoms with Gasteiger partial charge in [-0.05, 0) is 51.0 Å². The van der Waals surface area contributed by atoms with Crippen molar-refractivity contribution in [2.45, 2.75) is 19.9 Å². The van der Waals surface area contributed by atoms with Crippen molar-refractivity contribution in [3.63, 3.8) is 0 Å². The number of tetrazole rings is 1. The van der Waals surface area contributed by atoms with Gasteiger partial charge in [0.1, 0.15) is 5.75 Å². The second kappa shape index (κ2) is 6.47. The van der Waals surface area contributed by atoms with Gasteiger partial charge in [0.25, 0.3) is 5.91 Å². The number of nitrogens with one attached hydrogen (secondary N) is 1. The number of hydrogen-bond donors (Lipinski definition) is 1. The van der Waals surface area contributed by atoms with Gasteiger partial charge in [0.15, 0.2) is 0 Å². The van der Waals surface area contributed by atoms with Gasteiger partial charge in [-0.3, -0.25) is 10.1 Å². The number of carbonyl (C=O) groups excluding carboxylic acids is 1. The smallest absolute Gasteiger partial charge is 0.258 e. The summed E-state index contributed by atoms with van der Waals surface area (Å²) in [5, 5.41) is 13.8. The van der Waals surface area contributed by atoms with Crippen LogP contribution < -0.4 is 10.1 Å². The van der Waals surface area contributed by atoms with Crippen LogP contribution in [0, 0.1) is 0 Å². The van der Waals surface area contributed by atoms with Gasteiger partial charge in [0.2, 0.25) is 5.95 Å². The predicted octanol–water partition coefficient (Wildman–Crippen LogP) is 2.11. The molecule has 1 N–H and O–H groups in total. The van der Waals surface area contributed by atoms with Crippen LogP contribution in [-0.4, -0.2) is 33.2 Å². The normalized spacial score (nSPS) is 10.3. The van der Waals surface area contributed by atoms with E-state index >= 15 is 0 Å². The number of anilines is 1. The van der Waals surface area contributed by atoms with Crippen LogP contribution in [0.1, 0.15) is 23.7 Å². The van der Waals surface area contributed by atoms with E-state index in [1.54, 1.807) is 30.0 Å². The lowest BCUT2D eigenvalue weighted by Crippen LogP contribution is -2.16. The molecule has 1 aromatic heterocycles. The van der Waals surface area contributed by atoms with Crippen molar-refractivity contribution in [2.75, 3.05) is 12.4 Å². The Bertz CT molecular complexity index is 614.